The van der Waals surface area contributed by atoms with Gasteiger partial charge >= 0.3 is 0 Å². The molecular formula is C3H2Cl4O. The molecule has 0 aromatic carbocycles. The van der Waals surface area contributed by atoms with E-state index < -0.39 is 10.6 Å². The summed E-state index contributed by atoms with van der Waals surface area (Å²) in [5.41, 5.74) is 0. The Bertz CT molecular complexity index is 104. The number of aliphatic hydroxyl groups excluding tert-OH is 1. The van der Waals surface area contributed by atoms with E-state index in [1.807, 2.05) is 0 Å². The second-order valence-electron chi connectivity index (χ2n) is 0.946. The molecular weight excluding hydrogens is 194 g/mol. The molecule has 0 aliphatic carbocycles. The van der Waals surface area contributed by atoms with Crippen molar-refractivity contribution in [1.29, 1.82) is 0 Å². The molecule has 0 aromatic rings. The first kappa shape index (κ1) is 8.70. The van der Waals surface area contributed by atoms with Crippen molar-refractivity contribution in [3.05, 3.63) is 10.3 Å². The van der Waals surface area contributed by atoms with Crippen molar-refractivity contribution >= 4 is 46.4 Å². The summed E-state index contributed by atoms with van der Waals surface area (Å²) in [6, 6.07) is 0. The highest BCUT2D eigenvalue weighted by atomic mass is 35.5. The van der Waals surface area contributed by atoms with Gasteiger partial charge < -0.3 is 5.11 Å². The molecule has 1 N–H and O–H groups in total. The maximum atomic E-state index is 8.56. The molecule has 0 aliphatic heterocycles. The second-order valence-corrected chi connectivity index (χ2v) is 2.99. The van der Waals surface area contributed by atoms with E-state index in [1.165, 1.54) is 0 Å². The Kier molecular flexibility index (Phi) is 4.00. The van der Waals surface area contributed by atoms with E-state index in [0.29, 0.717) is 0 Å². The summed E-state index contributed by atoms with van der Waals surface area (Å²) in [7, 11) is 0. The SMILES string of the molecule is OC(=C(Cl)Cl)C(Cl)Cl. The number of hydrogen-bond acceptors (Lipinski definition) is 1. The molecule has 0 heterocycles. The van der Waals surface area contributed by atoms with Gasteiger partial charge in [0.1, 0.15) is 4.49 Å². The molecule has 0 aromatic heterocycles. The van der Waals surface area contributed by atoms with Crippen LogP contribution in [0.25, 0.3) is 0 Å². The standard InChI is InChI=1S/C3H2Cl4O/c4-2(5)1(8)3(6)7/h2,8H. The lowest BCUT2D eigenvalue weighted by atomic mass is 10.7. The summed E-state index contributed by atoms with van der Waals surface area (Å²) >= 11 is 20.3. The van der Waals surface area contributed by atoms with Crippen molar-refractivity contribution < 1.29 is 5.11 Å². The number of halogens is 4. The number of rotatable bonds is 1. The summed E-state index contributed by atoms with van der Waals surface area (Å²) in [4.78, 5) is -1.04. The highest BCUT2D eigenvalue weighted by molar-refractivity contribution is 6.57. The van der Waals surface area contributed by atoms with Crippen molar-refractivity contribution in [3.8, 4) is 0 Å². The Morgan fingerprint density at radius 2 is 1.62 bits per heavy atom. The summed E-state index contributed by atoms with van der Waals surface area (Å²) < 4.78 is -0.306. The van der Waals surface area contributed by atoms with Crippen LogP contribution in [0.1, 0.15) is 0 Å². The van der Waals surface area contributed by atoms with Gasteiger partial charge in [-0.25, -0.2) is 0 Å². The smallest absolute Gasteiger partial charge is 0.166 e. The van der Waals surface area contributed by atoms with Crippen LogP contribution < -0.4 is 0 Å². The molecule has 0 fully saturated rings. The zero-order chi connectivity index (χ0) is 6.73. The van der Waals surface area contributed by atoms with Crippen molar-refractivity contribution in [2.75, 3.05) is 0 Å². The van der Waals surface area contributed by atoms with Gasteiger partial charge in [0.2, 0.25) is 0 Å². The topological polar surface area (TPSA) is 20.2 Å². The zero-order valence-corrected chi connectivity index (χ0v) is 6.56. The molecule has 48 valence electrons. The van der Waals surface area contributed by atoms with Crippen LogP contribution in [0.4, 0.5) is 0 Å². The average Bonchev–Trinajstić information content (AvgIpc) is 1.64. The van der Waals surface area contributed by atoms with Crippen LogP contribution in [-0.2, 0) is 0 Å². The van der Waals surface area contributed by atoms with Crippen LogP contribution in [0.3, 0.4) is 0 Å². The molecule has 0 rings (SSSR count). The van der Waals surface area contributed by atoms with Crippen molar-refractivity contribution in [3.63, 3.8) is 0 Å². The third-order valence-corrected chi connectivity index (χ3v) is 1.20. The maximum absolute atomic E-state index is 8.56. The number of alkyl halides is 2. The predicted molar refractivity (Wildman–Crippen MR) is 36.9 cm³/mol. The largest absolute Gasteiger partial charge is 0.507 e. The summed E-state index contributed by atoms with van der Waals surface area (Å²) in [6.45, 7) is 0. The first-order valence-electron chi connectivity index (χ1n) is 1.58. The van der Waals surface area contributed by atoms with E-state index in [0.717, 1.165) is 0 Å². The number of hydrogen-bond donors (Lipinski definition) is 1. The fourth-order valence-electron chi connectivity index (χ4n) is 0.0825. The molecule has 0 aliphatic rings. The highest BCUT2D eigenvalue weighted by Crippen LogP contribution is 2.20. The molecule has 0 saturated heterocycles. The monoisotopic (exact) mass is 194 g/mol. The van der Waals surface area contributed by atoms with E-state index >= 15 is 0 Å². The lowest BCUT2D eigenvalue weighted by Crippen LogP contribution is -1.91. The molecule has 0 bridgehead atoms. The minimum absolute atomic E-state index is 0.306. The Morgan fingerprint density at radius 3 is 1.62 bits per heavy atom. The van der Waals surface area contributed by atoms with Gasteiger partial charge in [-0.3, -0.25) is 0 Å². The molecule has 5 heteroatoms. The van der Waals surface area contributed by atoms with Gasteiger partial charge in [-0.15, -0.1) is 0 Å². The quantitative estimate of drug-likeness (QED) is 0.504. The van der Waals surface area contributed by atoms with Crippen molar-refractivity contribution in [2.24, 2.45) is 0 Å². The van der Waals surface area contributed by atoms with Crippen LogP contribution in [0.5, 0.6) is 0 Å². The first-order valence-corrected chi connectivity index (χ1v) is 3.21. The summed E-state index contributed by atoms with van der Waals surface area (Å²) in [5.74, 6) is -0.420. The minimum Gasteiger partial charge on any atom is -0.507 e. The van der Waals surface area contributed by atoms with E-state index in [-0.39, 0.29) is 4.49 Å². The average molecular weight is 196 g/mol. The fraction of sp³-hybridized carbons (Fsp3) is 0.333. The molecule has 0 radical (unpaired) electrons. The predicted octanol–water partition coefficient (Wildman–Crippen LogP) is 2.99. The lowest BCUT2D eigenvalue weighted by Gasteiger charge is -1.96. The molecule has 0 unspecified atom stereocenters. The van der Waals surface area contributed by atoms with Crippen LogP contribution in [0, 0.1) is 0 Å². The fourth-order valence-corrected chi connectivity index (χ4v) is 0.742. The normalized spacial score (nSPS) is 9.62. The van der Waals surface area contributed by atoms with Crippen LogP contribution in [0.15, 0.2) is 10.3 Å². The molecule has 0 amide bonds. The van der Waals surface area contributed by atoms with Gasteiger partial charge in [-0.2, -0.15) is 0 Å². The second kappa shape index (κ2) is 3.67. The maximum Gasteiger partial charge on any atom is 0.166 e. The summed E-state index contributed by atoms with van der Waals surface area (Å²) in [5, 5.41) is 8.56. The molecule has 0 spiro atoms. The van der Waals surface area contributed by atoms with E-state index in [4.69, 9.17) is 51.5 Å². The van der Waals surface area contributed by atoms with Gasteiger partial charge in [-0.1, -0.05) is 46.4 Å². The van der Waals surface area contributed by atoms with Crippen molar-refractivity contribution in [2.45, 2.75) is 4.84 Å². The molecule has 0 saturated carbocycles. The van der Waals surface area contributed by atoms with E-state index in [2.05, 4.69) is 0 Å². The lowest BCUT2D eigenvalue weighted by molar-refractivity contribution is 0.409. The Morgan fingerprint density at radius 1 is 1.25 bits per heavy atom. The summed E-state index contributed by atoms with van der Waals surface area (Å²) in [6.07, 6.45) is 0. The first-order chi connectivity index (χ1) is 3.55. The van der Waals surface area contributed by atoms with Crippen LogP contribution in [-0.4, -0.2) is 9.94 Å². The zero-order valence-electron chi connectivity index (χ0n) is 3.54. The minimum atomic E-state index is -1.04. The molecule has 1 nitrogen and oxygen atoms in total. The Hall–Kier alpha value is 0.700. The van der Waals surface area contributed by atoms with Crippen LogP contribution >= 0.6 is 46.4 Å². The molecule has 0 atom stereocenters. The van der Waals surface area contributed by atoms with Gasteiger partial charge in [-0.05, 0) is 0 Å². The third-order valence-electron chi connectivity index (χ3n) is 0.400. The van der Waals surface area contributed by atoms with Crippen LogP contribution in [0.2, 0.25) is 0 Å². The van der Waals surface area contributed by atoms with Gasteiger partial charge in [0, 0.05) is 0 Å². The van der Waals surface area contributed by atoms with E-state index in [1.54, 1.807) is 0 Å². The number of allylic oxidation sites excluding steroid dienone is 1. The molecule has 8 heavy (non-hydrogen) atoms. The van der Waals surface area contributed by atoms with Gasteiger partial charge in [0.25, 0.3) is 0 Å². The van der Waals surface area contributed by atoms with Gasteiger partial charge in [0.15, 0.2) is 10.6 Å². The Balaban J connectivity index is 4.00. The van der Waals surface area contributed by atoms with Crippen molar-refractivity contribution in [1.82, 2.24) is 0 Å². The highest BCUT2D eigenvalue weighted by Gasteiger charge is 2.07. The number of aliphatic hydroxyl groups is 1. The Labute approximate surface area is 66.8 Å². The van der Waals surface area contributed by atoms with E-state index in [9.17, 15) is 0 Å². The van der Waals surface area contributed by atoms with Gasteiger partial charge in [0.05, 0.1) is 0 Å². The third kappa shape index (κ3) is 2.88.